The average Bonchev–Trinajstić information content (AvgIpc) is 3.32. The maximum atomic E-state index is 15.1. The van der Waals surface area contributed by atoms with Crippen molar-refractivity contribution in [3.63, 3.8) is 0 Å². The minimum absolute atomic E-state index is 0.0790. The summed E-state index contributed by atoms with van der Waals surface area (Å²) in [4.78, 5) is 24.2. The number of aromatic nitrogens is 3. The fraction of sp³-hybridized carbons (Fsp3) is 0.367. The van der Waals surface area contributed by atoms with E-state index in [9.17, 15) is 4.79 Å². The molecule has 2 aromatic heterocycles. The van der Waals surface area contributed by atoms with Crippen molar-refractivity contribution >= 4 is 28.6 Å². The van der Waals surface area contributed by atoms with Crippen LogP contribution in [-0.2, 0) is 6.42 Å². The molecule has 2 aromatic carbocycles. The van der Waals surface area contributed by atoms with E-state index in [1.54, 1.807) is 18.3 Å². The largest absolute Gasteiger partial charge is 0.370 e. The minimum Gasteiger partial charge on any atom is -0.370 e. The van der Waals surface area contributed by atoms with Crippen molar-refractivity contribution in [2.75, 3.05) is 6.54 Å². The average molecular weight is 566 g/mol. The summed E-state index contributed by atoms with van der Waals surface area (Å²) in [5.74, 6) is 0.195. The molecule has 0 amide bonds. The van der Waals surface area contributed by atoms with Gasteiger partial charge in [0.1, 0.15) is 5.65 Å². The summed E-state index contributed by atoms with van der Waals surface area (Å²) in [5.41, 5.74) is 20.5. The number of unbranched alkanes of at least 4 members (excludes halogenated alkanes) is 1. The zero-order valence-corrected chi connectivity index (χ0v) is 23.7. The van der Waals surface area contributed by atoms with Crippen LogP contribution < -0.4 is 22.9 Å². The van der Waals surface area contributed by atoms with Crippen LogP contribution in [0.15, 0.2) is 58.4 Å². The Hall–Kier alpha value is -3.69. The third kappa shape index (κ3) is 7.28. The molecule has 7 N–H and O–H groups in total. The van der Waals surface area contributed by atoms with Crippen LogP contribution in [0.25, 0.3) is 28.0 Å². The van der Waals surface area contributed by atoms with E-state index in [1.807, 2.05) is 30.3 Å². The predicted molar refractivity (Wildman–Crippen MR) is 161 cm³/mol. The Morgan fingerprint density at radius 1 is 1.10 bits per heavy atom. The highest BCUT2D eigenvalue weighted by Gasteiger charge is 2.16. The monoisotopic (exact) mass is 565 g/mol. The third-order valence-corrected chi connectivity index (χ3v) is 7.23. The van der Waals surface area contributed by atoms with Gasteiger partial charge in [0.25, 0.3) is 0 Å². The van der Waals surface area contributed by atoms with Crippen LogP contribution >= 0.6 is 11.6 Å². The normalized spacial score (nSPS) is 12.2. The SMILES string of the molecule is CC(C)CCCc1cc(Cl)c(F)c(-c2cc3cn(-c4ccc([C@H](N)CCCCN=C(N)N)cc4)c(=O)nc3[nH]2)c1. The lowest BCUT2D eigenvalue weighted by Gasteiger charge is -2.13. The van der Waals surface area contributed by atoms with E-state index in [4.69, 9.17) is 28.8 Å². The maximum absolute atomic E-state index is 15.1. The summed E-state index contributed by atoms with van der Waals surface area (Å²) in [5, 5.41) is 0.757. The van der Waals surface area contributed by atoms with Crippen molar-refractivity contribution in [3.8, 4) is 16.9 Å². The molecular weight excluding hydrogens is 529 g/mol. The Kier molecular flexibility index (Phi) is 9.60. The van der Waals surface area contributed by atoms with Gasteiger partial charge in [-0.15, -0.1) is 0 Å². The quantitative estimate of drug-likeness (QED) is 0.101. The van der Waals surface area contributed by atoms with E-state index in [-0.39, 0.29) is 17.0 Å². The highest BCUT2D eigenvalue weighted by molar-refractivity contribution is 6.31. The van der Waals surface area contributed by atoms with Crippen molar-refractivity contribution in [3.05, 3.63) is 81.1 Å². The number of hydrogen-bond acceptors (Lipinski definition) is 4. The van der Waals surface area contributed by atoms with Gasteiger partial charge in [0.05, 0.1) is 16.4 Å². The lowest BCUT2D eigenvalue weighted by molar-refractivity contribution is 0.555. The van der Waals surface area contributed by atoms with E-state index >= 15 is 4.39 Å². The third-order valence-electron chi connectivity index (χ3n) is 6.95. The van der Waals surface area contributed by atoms with Crippen LogP contribution in [0.4, 0.5) is 4.39 Å². The number of halogens is 2. The number of nitrogens with one attached hydrogen (secondary N) is 1. The van der Waals surface area contributed by atoms with Gasteiger partial charge in [-0.2, -0.15) is 4.98 Å². The summed E-state index contributed by atoms with van der Waals surface area (Å²) in [7, 11) is 0. The van der Waals surface area contributed by atoms with Gasteiger partial charge in [0.2, 0.25) is 0 Å². The molecule has 8 nitrogen and oxygen atoms in total. The number of H-pyrrole nitrogens is 1. The molecule has 0 bridgehead atoms. The van der Waals surface area contributed by atoms with E-state index in [0.717, 1.165) is 49.7 Å². The molecule has 0 radical (unpaired) electrons. The fourth-order valence-corrected chi connectivity index (χ4v) is 5.00. The number of benzene rings is 2. The van der Waals surface area contributed by atoms with E-state index in [0.29, 0.717) is 40.4 Å². The first-order valence-corrected chi connectivity index (χ1v) is 14.0. The van der Waals surface area contributed by atoms with E-state index < -0.39 is 11.5 Å². The molecule has 0 saturated carbocycles. The number of guanidine groups is 1. The van der Waals surface area contributed by atoms with Crippen LogP contribution in [-0.4, -0.2) is 27.0 Å². The Balaban J connectivity index is 1.53. The smallest absolute Gasteiger partial charge is 0.354 e. The highest BCUT2D eigenvalue weighted by Crippen LogP contribution is 2.31. The standard InChI is InChI=1S/C30H37ClFN7O/c1-18(2)6-5-7-19-14-23(27(32)24(31)15-19)26-16-21-17-39(30(40)38-28(21)37-26)22-11-9-20(10-12-22)25(33)8-3-4-13-36-29(34)35/h9-12,14-18,25H,3-8,13,33H2,1-2H3,(H4,34,35,36)(H,37,38,40)/t25-/m1/s1. The lowest BCUT2D eigenvalue weighted by Crippen LogP contribution is -2.23. The fourth-order valence-electron chi connectivity index (χ4n) is 4.76. The molecule has 10 heteroatoms. The van der Waals surface area contributed by atoms with Gasteiger partial charge in [-0.3, -0.25) is 9.56 Å². The van der Waals surface area contributed by atoms with E-state index in [1.165, 1.54) is 4.57 Å². The van der Waals surface area contributed by atoms with E-state index in [2.05, 4.69) is 28.8 Å². The van der Waals surface area contributed by atoms with Gasteiger partial charge >= 0.3 is 5.69 Å². The summed E-state index contributed by atoms with van der Waals surface area (Å²) >= 11 is 6.25. The number of rotatable bonds is 12. The Labute approximate surface area is 238 Å². The number of hydrogen-bond donors (Lipinski definition) is 4. The molecule has 0 spiro atoms. The molecule has 4 rings (SSSR count). The number of aryl methyl sites for hydroxylation is 1. The molecule has 2 heterocycles. The van der Waals surface area contributed by atoms with Crippen molar-refractivity contribution in [2.24, 2.45) is 28.1 Å². The number of aromatic amines is 1. The maximum Gasteiger partial charge on any atom is 0.354 e. The molecule has 0 unspecified atom stereocenters. The van der Waals surface area contributed by atoms with Crippen LogP contribution in [0.1, 0.15) is 63.1 Å². The molecule has 0 aliphatic rings. The second kappa shape index (κ2) is 13.1. The van der Waals surface area contributed by atoms with Crippen molar-refractivity contribution in [1.29, 1.82) is 0 Å². The number of nitrogens with zero attached hydrogens (tertiary/aromatic N) is 3. The van der Waals surface area contributed by atoms with Gasteiger partial charge in [-0.25, -0.2) is 9.18 Å². The second-order valence-corrected chi connectivity index (χ2v) is 11.0. The Morgan fingerprint density at radius 3 is 2.55 bits per heavy atom. The van der Waals surface area contributed by atoms with Crippen LogP contribution in [0, 0.1) is 11.7 Å². The molecule has 4 aromatic rings. The highest BCUT2D eigenvalue weighted by atomic mass is 35.5. The Morgan fingerprint density at radius 2 is 1.85 bits per heavy atom. The molecule has 212 valence electrons. The van der Waals surface area contributed by atoms with Crippen LogP contribution in [0.3, 0.4) is 0 Å². The van der Waals surface area contributed by atoms with Gasteiger partial charge in [-0.1, -0.05) is 44.0 Å². The summed E-state index contributed by atoms with van der Waals surface area (Å²) in [6.07, 6.45) is 7.13. The molecule has 0 saturated heterocycles. The zero-order chi connectivity index (χ0) is 28.8. The van der Waals surface area contributed by atoms with Gasteiger partial charge in [0, 0.05) is 29.7 Å². The minimum atomic E-state index is -0.501. The molecule has 0 aliphatic heterocycles. The first kappa shape index (κ1) is 29.3. The van der Waals surface area contributed by atoms with Crippen LogP contribution in [0.5, 0.6) is 0 Å². The van der Waals surface area contributed by atoms with Gasteiger partial charge in [0.15, 0.2) is 11.8 Å². The molecule has 40 heavy (non-hydrogen) atoms. The molecule has 0 fully saturated rings. The molecular formula is C30H37ClFN7O. The first-order chi connectivity index (χ1) is 19.1. The topological polar surface area (TPSA) is 141 Å². The van der Waals surface area contributed by atoms with Crippen molar-refractivity contribution in [1.82, 2.24) is 14.5 Å². The molecule has 0 aliphatic carbocycles. The number of fused-ring (bicyclic) bond motifs is 1. The number of aliphatic imine (C=N–C) groups is 1. The lowest BCUT2D eigenvalue weighted by atomic mass is 10.00. The number of nitrogens with two attached hydrogens (primary N) is 3. The van der Waals surface area contributed by atoms with Crippen LogP contribution in [0.2, 0.25) is 5.02 Å². The first-order valence-electron chi connectivity index (χ1n) is 13.6. The predicted octanol–water partition coefficient (Wildman–Crippen LogP) is 5.60. The molecule has 1 atom stereocenters. The summed E-state index contributed by atoms with van der Waals surface area (Å²) in [6, 6.07) is 12.7. The van der Waals surface area contributed by atoms with Gasteiger partial charge in [-0.05, 0) is 79.5 Å². The van der Waals surface area contributed by atoms with Crippen molar-refractivity contribution in [2.45, 2.75) is 58.4 Å². The Bertz CT molecular complexity index is 1540. The zero-order valence-electron chi connectivity index (χ0n) is 23.0. The summed E-state index contributed by atoms with van der Waals surface area (Å²) in [6.45, 7) is 4.94. The van der Waals surface area contributed by atoms with Crippen molar-refractivity contribution < 1.29 is 4.39 Å². The van der Waals surface area contributed by atoms with Gasteiger partial charge < -0.3 is 22.2 Å². The second-order valence-electron chi connectivity index (χ2n) is 10.6. The summed E-state index contributed by atoms with van der Waals surface area (Å²) < 4.78 is 16.5.